The molecule has 0 saturated heterocycles. The van der Waals surface area contributed by atoms with Crippen LogP contribution in [-0.2, 0) is 4.79 Å². The van der Waals surface area contributed by atoms with Gasteiger partial charge in [0.1, 0.15) is 0 Å². The SMILES string of the molecule is CCCC(O)C(=O)O.[Ca+2].[H-].[H-]. The van der Waals surface area contributed by atoms with E-state index in [1.54, 1.807) is 0 Å². The summed E-state index contributed by atoms with van der Waals surface area (Å²) in [6.07, 6.45) is -0.122. The zero-order chi connectivity index (χ0) is 6.57. The summed E-state index contributed by atoms with van der Waals surface area (Å²) in [5.41, 5.74) is 0. The number of carboxylic acids is 1. The summed E-state index contributed by atoms with van der Waals surface area (Å²) in [6.45, 7) is 1.83. The molecule has 1 atom stereocenters. The minimum absolute atomic E-state index is 0. The Morgan fingerprint density at radius 2 is 2.22 bits per heavy atom. The van der Waals surface area contributed by atoms with Crippen LogP contribution in [0.5, 0.6) is 0 Å². The third-order valence-electron chi connectivity index (χ3n) is 0.847. The summed E-state index contributed by atoms with van der Waals surface area (Å²) < 4.78 is 0. The molecule has 0 aromatic carbocycles. The summed E-state index contributed by atoms with van der Waals surface area (Å²) >= 11 is 0. The molecule has 3 nitrogen and oxygen atoms in total. The van der Waals surface area contributed by atoms with Crippen molar-refractivity contribution in [2.45, 2.75) is 25.9 Å². The molecular weight excluding hydrogens is 148 g/mol. The summed E-state index contributed by atoms with van der Waals surface area (Å²) in [7, 11) is 0. The molecule has 2 N–H and O–H groups in total. The van der Waals surface area contributed by atoms with Crippen molar-refractivity contribution in [1.29, 1.82) is 0 Å². The van der Waals surface area contributed by atoms with Crippen LogP contribution in [0.25, 0.3) is 0 Å². The fourth-order valence-electron chi connectivity index (χ4n) is 0.397. The van der Waals surface area contributed by atoms with E-state index in [0.29, 0.717) is 12.8 Å². The second kappa shape index (κ2) is 6.80. The van der Waals surface area contributed by atoms with E-state index in [2.05, 4.69) is 0 Å². The van der Waals surface area contributed by atoms with Crippen molar-refractivity contribution >= 4 is 43.7 Å². The first-order chi connectivity index (χ1) is 3.68. The number of aliphatic hydroxyl groups is 1. The summed E-state index contributed by atoms with van der Waals surface area (Å²) in [5.74, 6) is -1.13. The molecule has 0 aliphatic heterocycles. The summed E-state index contributed by atoms with van der Waals surface area (Å²) in [4.78, 5) is 9.84. The maximum absolute atomic E-state index is 9.84. The zero-order valence-electron chi connectivity index (χ0n) is 7.50. The summed E-state index contributed by atoms with van der Waals surface area (Å²) in [6, 6.07) is 0. The third kappa shape index (κ3) is 6.58. The first-order valence-electron chi connectivity index (χ1n) is 2.59. The van der Waals surface area contributed by atoms with E-state index in [9.17, 15) is 4.79 Å². The van der Waals surface area contributed by atoms with E-state index >= 15 is 0 Å². The molecule has 0 bridgehead atoms. The molecule has 1 unspecified atom stereocenters. The van der Waals surface area contributed by atoms with Gasteiger partial charge in [0.25, 0.3) is 0 Å². The quantitative estimate of drug-likeness (QED) is 0.575. The Hall–Kier alpha value is 0.690. The Labute approximate surface area is 87.0 Å². The number of carboxylic acid groups (broad SMARTS) is 1. The second-order valence-corrected chi connectivity index (χ2v) is 1.64. The minimum Gasteiger partial charge on any atom is -1.00 e. The van der Waals surface area contributed by atoms with E-state index in [1.165, 1.54) is 0 Å². The fraction of sp³-hybridized carbons (Fsp3) is 0.800. The second-order valence-electron chi connectivity index (χ2n) is 1.64. The largest absolute Gasteiger partial charge is 2.00 e. The minimum atomic E-state index is -1.17. The van der Waals surface area contributed by atoms with Crippen molar-refractivity contribution < 1.29 is 17.9 Å². The van der Waals surface area contributed by atoms with E-state index in [-0.39, 0.29) is 40.6 Å². The molecule has 0 rings (SSSR count). The Bertz CT molecular complexity index is 91.8. The summed E-state index contributed by atoms with van der Waals surface area (Å²) in [5, 5.41) is 16.6. The molecule has 0 heterocycles. The molecule has 52 valence electrons. The normalized spacial score (nSPS) is 11.8. The van der Waals surface area contributed by atoms with Crippen LogP contribution in [0.2, 0.25) is 0 Å². The Morgan fingerprint density at radius 1 is 1.78 bits per heavy atom. The van der Waals surface area contributed by atoms with Gasteiger partial charge < -0.3 is 13.1 Å². The third-order valence-corrected chi connectivity index (χ3v) is 0.847. The maximum atomic E-state index is 9.84. The molecule has 0 amide bonds. The molecule has 0 saturated carbocycles. The number of rotatable bonds is 3. The number of hydrogen-bond acceptors (Lipinski definition) is 2. The van der Waals surface area contributed by atoms with Gasteiger partial charge in [0.05, 0.1) is 0 Å². The standard InChI is InChI=1S/C5H10O3.Ca.2H/c1-2-3-4(6)5(7)8;;;/h4,6H,2-3H2,1H3,(H,7,8);;;/q;+2;2*-1. The molecule has 0 aliphatic rings. The van der Waals surface area contributed by atoms with Gasteiger partial charge in [-0.25, -0.2) is 4.79 Å². The van der Waals surface area contributed by atoms with Gasteiger partial charge in [-0.15, -0.1) is 0 Å². The van der Waals surface area contributed by atoms with Crippen molar-refractivity contribution in [3.63, 3.8) is 0 Å². The molecule has 0 radical (unpaired) electrons. The van der Waals surface area contributed by atoms with E-state index in [4.69, 9.17) is 10.2 Å². The van der Waals surface area contributed by atoms with Crippen molar-refractivity contribution in [3.05, 3.63) is 0 Å². The van der Waals surface area contributed by atoms with Gasteiger partial charge in [0, 0.05) is 0 Å². The van der Waals surface area contributed by atoms with Gasteiger partial charge in [-0.05, 0) is 6.42 Å². The smallest absolute Gasteiger partial charge is 1.00 e. The van der Waals surface area contributed by atoms with Crippen LogP contribution < -0.4 is 0 Å². The van der Waals surface area contributed by atoms with Crippen LogP contribution in [0.15, 0.2) is 0 Å². The van der Waals surface area contributed by atoms with Gasteiger partial charge >= 0.3 is 43.7 Å². The zero-order valence-corrected chi connectivity index (χ0v) is 7.71. The van der Waals surface area contributed by atoms with Gasteiger partial charge in [-0.3, -0.25) is 0 Å². The Kier molecular flexibility index (Phi) is 9.36. The van der Waals surface area contributed by atoms with Crippen LogP contribution in [0.4, 0.5) is 0 Å². The average molecular weight is 160 g/mol. The number of hydrogen-bond donors (Lipinski definition) is 2. The fourth-order valence-corrected chi connectivity index (χ4v) is 0.397. The molecular formula is C5H12CaO3. The topological polar surface area (TPSA) is 57.5 Å². The predicted octanol–water partition coefficient (Wildman–Crippen LogP) is 0.0762. The molecule has 9 heavy (non-hydrogen) atoms. The van der Waals surface area contributed by atoms with Gasteiger partial charge in [-0.2, -0.15) is 0 Å². The van der Waals surface area contributed by atoms with E-state index < -0.39 is 12.1 Å². The van der Waals surface area contributed by atoms with Crippen molar-refractivity contribution in [2.75, 3.05) is 0 Å². The van der Waals surface area contributed by atoms with Crippen molar-refractivity contribution in [1.82, 2.24) is 0 Å². The van der Waals surface area contributed by atoms with Crippen molar-refractivity contribution in [2.24, 2.45) is 0 Å². The van der Waals surface area contributed by atoms with E-state index in [0.717, 1.165) is 0 Å². The predicted molar refractivity (Wildman–Crippen MR) is 36.5 cm³/mol. The molecule has 0 aromatic rings. The van der Waals surface area contributed by atoms with Crippen LogP contribution in [0.1, 0.15) is 22.6 Å². The Morgan fingerprint density at radius 3 is 2.33 bits per heavy atom. The molecule has 4 heteroatoms. The number of aliphatic carboxylic acids is 1. The monoisotopic (exact) mass is 160 g/mol. The molecule has 0 fully saturated rings. The van der Waals surface area contributed by atoms with Gasteiger partial charge in [0.2, 0.25) is 0 Å². The van der Waals surface area contributed by atoms with E-state index in [1.807, 2.05) is 6.92 Å². The van der Waals surface area contributed by atoms with Gasteiger partial charge in [0.15, 0.2) is 6.10 Å². The first kappa shape index (κ1) is 12.4. The molecule has 0 spiro atoms. The van der Waals surface area contributed by atoms with Crippen LogP contribution in [0.3, 0.4) is 0 Å². The number of carbonyl (C=O) groups is 1. The number of aliphatic hydroxyl groups excluding tert-OH is 1. The van der Waals surface area contributed by atoms with Crippen LogP contribution in [-0.4, -0.2) is 60.0 Å². The van der Waals surface area contributed by atoms with Gasteiger partial charge in [-0.1, -0.05) is 13.3 Å². The average Bonchev–Trinajstić information content (AvgIpc) is 1.67. The maximum Gasteiger partial charge on any atom is 2.00 e. The first-order valence-corrected chi connectivity index (χ1v) is 2.59. The van der Waals surface area contributed by atoms with Crippen LogP contribution in [0, 0.1) is 0 Å². The van der Waals surface area contributed by atoms with Crippen LogP contribution >= 0.6 is 0 Å². The molecule has 0 aliphatic carbocycles. The molecule has 0 aromatic heterocycles. The van der Waals surface area contributed by atoms with Crippen molar-refractivity contribution in [3.8, 4) is 0 Å². The Balaban J connectivity index is -0.0000000817.